The Morgan fingerprint density at radius 1 is 1.59 bits per heavy atom. The summed E-state index contributed by atoms with van der Waals surface area (Å²) in [6, 6.07) is 5.50. The summed E-state index contributed by atoms with van der Waals surface area (Å²) < 4.78 is 0.936. The van der Waals surface area contributed by atoms with Crippen molar-refractivity contribution >= 4 is 34.0 Å². The lowest BCUT2D eigenvalue weighted by Crippen LogP contribution is -2.49. The number of nitro groups is 1. The zero-order valence-corrected chi connectivity index (χ0v) is 11.7. The van der Waals surface area contributed by atoms with E-state index in [4.69, 9.17) is 0 Å². The second-order valence-corrected chi connectivity index (χ2v) is 5.36. The molecule has 1 heterocycles. The van der Waals surface area contributed by atoms with Gasteiger partial charge in [0.2, 0.25) is 0 Å². The van der Waals surface area contributed by atoms with Crippen LogP contribution >= 0.6 is 22.6 Å². The van der Waals surface area contributed by atoms with Gasteiger partial charge < -0.3 is 10.2 Å². The number of nitrogens with zero attached hydrogens (tertiary/aromatic N) is 2. The number of anilines is 1. The number of hydrogen-bond acceptors (Lipinski definition) is 4. The van der Waals surface area contributed by atoms with Crippen LogP contribution < -0.4 is 10.2 Å². The summed E-state index contributed by atoms with van der Waals surface area (Å²) in [7, 11) is 0. The lowest BCUT2D eigenvalue weighted by molar-refractivity contribution is -0.384. The van der Waals surface area contributed by atoms with E-state index in [1.165, 1.54) is 0 Å². The van der Waals surface area contributed by atoms with Crippen molar-refractivity contribution < 1.29 is 4.92 Å². The Morgan fingerprint density at radius 3 is 2.94 bits per heavy atom. The van der Waals surface area contributed by atoms with Crippen LogP contribution in [0.5, 0.6) is 0 Å². The van der Waals surface area contributed by atoms with Crippen molar-refractivity contribution in [3.63, 3.8) is 0 Å². The second kappa shape index (κ2) is 5.18. The lowest BCUT2D eigenvalue weighted by Gasteiger charge is -2.34. The summed E-state index contributed by atoms with van der Waals surface area (Å²) in [6.07, 6.45) is 0. The highest BCUT2D eigenvalue weighted by atomic mass is 127. The molecule has 0 spiro atoms. The maximum atomic E-state index is 10.7. The number of halogens is 1. The molecule has 1 aliphatic heterocycles. The van der Waals surface area contributed by atoms with Crippen LogP contribution in [0.1, 0.15) is 6.92 Å². The van der Waals surface area contributed by atoms with Gasteiger partial charge in [0.1, 0.15) is 0 Å². The van der Waals surface area contributed by atoms with Gasteiger partial charge in [-0.25, -0.2) is 0 Å². The van der Waals surface area contributed by atoms with Gasteiger partial charge in [-0.2, -0.15) is 0 Å². The maximum Gasteiger partial charge on any atom is 0.270 e. The van der Waals surface area contributed by atoms with Crippen LogP contribution in [0.4, 0.5) is 11.4 Å². The van der Waals surface area contributed by atoms with Gasteiger partial charge in [0.05, 0.1) is 10.6 Å². The zero-order chi connectivity index (χ0) is 12.4. The van der Waals surface area contributed by atoms with E-state index in [1.807, 2.05) is 6.07 Å². The van der Waals surface area contributed by atoms with Crippen molar-refractivity contribution in [2.45, 2.75) is 13.0 Å². The number of hydrogen-bond donors (Lipinski definition) is 1. The Hall–Kier alpha value is -0.890. The van der Waals surface area contributed by atoms with E-state index in [0.717, 1.165) is 28.9 Å². The lowest BCUT2D eigenvalue weighted by atomic mass is 10.2. The topological polar surface area (TPSA) is 58.4 Å². The monoisotopic (exact) mass is 347 g/mol. The second-order valence-electron chi connectivity index (χ2n) is 4.19. The highest BCUT2D eigenvalue weighted by Crippen LogP contribution is 2.27. The van der Waals surface area contributed by atoms with E-state index < -0.39 is 0 Å². The summed E-state index contributed by atoms with van der Waals surface area (Å²) >= 11 is 2.16. The largest absolute Gasteiger partial charge is 0.368 e. The molecule has 1 atom stereocenters. The van der Waals surface area contributed by atoms with Crippen LogP contribution in [0, 0.1) is 13.7 Å². The van der Waals surface area contributed by atoms with E-state index in [1.54, 1.807) is 12.1 Å². The van der Waals surface area contributed by atoms with Crippen molar-refractivity contribution in [2.24, 2.45) is 0 Å². The van der Waals surface area contributed by atoms with Crippen molar-refractivity contribution in [3.05, 3.63) is 31.9 Å². The Morgan fingerprint density at radius 2 is 2.35 bits per heavy atom. The number of nitrogens with one attached hydrogen (secondary N) is 1. The zero-order valence-electron chi connectivity index (χ0n) is 9.52. The fourth-order valence-corrected chi connectivity index (χ4v) is 2.86. The first-order chi connectivity index (χ1) is 8.08. The summed E-state index contributed by atoms with van der Waals surface area (Å²) in [4.78, 5) is 12.6. The third-order valence-corrected chi connectivity index (χ3v) is 3.72. The molecule has 0 saturated carbocycles. The Balaban J connectivity index is 2.23. The Bertz CT molecular complexity index is 439. The molecule has 1 aromatic rings. The van der Waals surface area contributed by atoms with Crippen molar-refractivity contribution in [2.75, 3.05) is 24.5 Å². The number of non-ortho nitro benzene ring substituents is 1. The minimum atomic E-state index is -0.355. The number of rotatable bonds is 2. The normalized spacial score (nSPS) is 20.4. The first-order valence-corrected chi connectivity index (χ1v) is 6.58. The molecular weight excluding hydrogens is 333 g/mol. The van der Waals surface area contributed by atoms with Crippen LogP contribution in [0.15, 0.2) is 18.2 Å². The van der Waals surface area contributed by atoms with Crippen LogP contribution in [-0.4, -0.2) is 30.6 Å². The van der Waals surface area contributed by atoms with Crippen LogP contribution in [-0.2, 0) is 0 Å². The molecule has 1 saturated heterocycles. The Labute approximate surface area is 113 Å². The SMILES string of the molecule is CC1CN(c2ccc([N+](=O)[O-])cc2I)CCN1. The molecule has 0 radical (unpaired) electrons. The molecule has 0 amide bonds. The molecule has 2 rings (SSSR count). The molecule has 92 valence electrons. The van der Waals surface area contributed by atoms with Gasteiger partial charge in [-0.15, -0.1) is 0 Å². The third-order valence-electron chi connectivity index (χ3n) is 2.85. The van der Waals surface area contributed by atoms with Crippen molar-refractivity contribution in [3.8, 4) is 0 Å². The molecule has 0 bridgehead atoms. The smallest absolute Gasteiger partial charge is 0.270 e. The molecule has 0 aliphatic carbocycles. The molecule has 0 aromatic heterocycles. The molecular formula is C11H14IN3O2. The molecule has 1 aromatic carbocycles. The standard InChI is InChI=1S/C11H14IN3O2/c1-8-7-14(5-4-13-8)11-3-2-9(15(16)17)6-10(11)12/h2-3,6,8,13H,4-5,7H2,1H3. The summed E-state index contributed by atoms with van der Waals surface area (Å²) in [5.74, 6) is 0. The van der Waals surface area contributed by atoms with Gasteiger partial charge in [0, 0.05) is 41.4 Å². The van der Waals surface area contributed by atoms with E-state index in [2.05, 4.69) is 39.7 Å². The molecule has 6 heteroatoms. The van der Waals surface area contributed by atoms with Crippen molar-refractivity contribution in [1.82, 2.24) is 5.32 Å². The first kappa shape index (κ1) is 12.6. The van der Waals surface area contributed by atoms with Gasteiger partial charge in [-0.3, -0.25) is 10.1 Å². The number of nitro benzene ring substituents is 1. The minimum Gasteiger partial charge on any atom is -0.368 e. The summed E-state index contributed by atoms with van der Waals surface area (Å²) in [6.45, 7) is 4.98. The predicted molar refractivity (Wildman–Crippen MR) is 75.5 cm³/mol. The van der Waals surface area contributed by atoms with Gasteiger partial charge in [0.15, 0.2) is 0 Å². The molecule has 1 fully saturated rings. The Kier molecular flexibility index (Phi) is 3.82. The predicted octanol–water partition coefficient (Wildman–Crippen LogP) is 2.00. The highest BCUT2D eigenvalue weighted by Gasteiger charge is 2.19. The fourth-order valence-electron chi connectivity index (χ4n) is 2.02. The number of benzene rings is 1. The fraction of sp³-hybridized carbons (Fsp3) is 0.455. The van der Waals surface area contributed by atoms with Gasteiger partial charge in [0.25, 0.3) is 5.69 Å². The van der Waals surface area contributed by atoms with Crippen molar-refractivity contribution in [1.29, 1.82) is 0 Å². The van der Waals surface area contributed by atoms with E-state index >= 15 is 0 Å². The molecule has 1 N–H and O–H groups in total. The average Bonchev–Trinajstić information content (AvgIpc) is 2.28. The number of piperazine rings is 1. The molecule has 5 nitrogen and oxygen atoms in total. The molecule has 1 unspecified atom stereocenters. The van der Waals surface area contributed by atoms with Crippen LogP contribution in [0.2, 0.25) is 0 Å². The third kappa shape index (κ3) is 2.86. The first-order valence-electron chi connectivity index (χ1n) is 5.50. The van der Waals surface area contributed by atoms with E-state index in [-0.39, 0.29) is 10.6 Å². The molecule has 17 heavy (non-hydrogen) atoms. The van der Waals surface area contributed by atoms with Gasteiger partial charge in [-0.1, -0.05) is 0 Å². The van der Waals surface area contributed by atoms with Gasteiger partial charge >= 0.3 is 0 Å². The van der Waals surface area contributed by atoms with Gasteiger partial charge in [-0.05, 0) is 35.6 Å². The highest BCUT2D eigenvalue weighted by molar-refractivity contribution is 14.1. The molecule has 1 aliphatic rings. The summed E-state index contributed by atoms with van der Waals surface area (Å²) in [5.41, 5.74) is 1.24. The summed E-state index contributed by atoms with van der Waals surface area (Å²) in [5, 5.41) is 14.0. The quantitative estimate of drug-likeness (QED) is 0.505. The van der Waals surface area contributed by atoms with E-state index in [9.17, 15) is 10.1 Å². The average molecular weight is 347 g/mol. The van der Waals surface area contributed by atoms with Crippen LogP contribution in [0.3, 0.4) is 0 Å². The van der Waals surface area contributed by atoms with Crippen LogP contribution in [0.25, 0.3) is 0 Å². The minimum absolute atomic E-state index is 0.154. The van der Waals surface area contributed by atoms with E-state index in [0.29, 0.717) is 6.04 Å². The maximum absolute atomic E-state index is 10.7.